The Balaban J connectivity index is 1.61. The number of anilines is 2. The Bertz CT molecular complexity index is 882. The third-order valence-corrected chi connectivity index (χ3v) is 4.11. The van der Waals surface area contributed by atoms with Gasteiger partial charge < -0.3 is 10.6 Å². The zero-order chi connectivity index (χ0) is 17.6. The van der Waals surface area contributed by atoms with Crippen molar-refractivity contribution < 1.29 is 4.79 Å². The van der Waals surface area contributed by atoms with Crippen LogP contribution in [0.15, 0.2) is 66.9 Å². The largest absolute Gasteiger partial charge is 0.354 e. The van der Waals surface area contributed by atoms with Crippen LogP contribution in [0.4, 0.5) is 11.4 Å². The topological polar surface area (TPSA) is 54.0 Å². The molecule has 0 saturated carbocycles. The molecule has 1 amide bonds. The highest BCUT2D eigenvalue weighted by atomic mass is 35.5. The standard InChI is InChI=1S/C19H15Cl2N3O/c20-14-5-3-6-15(10-14)24-16-8-9-18(22-12-16)19(25)23-11-13-4-1-2-7-17(13)21/h1-10,12,24H,11H2,(H,23,25). The Morgan fingerprint density at radius 2 is 1.80 bits per heavy atom. The summed E-state index contributed by atoms with van der Waals surface area (Å²) in [6.07, 6.45) is 1.60. The van der Waals surface area contributed by atoms with Gasteiger partial charge in [0.15, 0.2) is 0 Å². The monoisotopic (exact) mass is 371 g/mol. The van der Waals surface area contributed by atoms with Crippen molar-refractivity contribution in [1.29, 1.82) is 0 Å². The fourth-order valence-corrected chi connectivity index (χ4v) is 2.64. The third-order valence-electron chi connectivity index (χ3n) is 3.51. The maximum atomic E-state index is 12.2. The Kier molecular flexibility index (Phi) is 5.53. The number of carbonyl (C=O) groups excluding carboxylic acids is 1. The van der Waals surface area contributed by atoms with Gasteiger partial charge in [0.25, 0.3) is 5.91 Å². The van der Waals surface area contributed by atoms with Gasteiger partial charge in [-0.2, -0.15) is 0 Å². The molecule has 0 aliphatic carbocycles. The van der Waals surface area contributed by atoms with E-state index in [1.54, 1.807) is 30.5 Å². The lowest BCUT2D eigenvalue weighted by molar-refractivity contribution is 0.0946. The summed E-state index contributed by atoms with van der Waals surface area (Å²) in [5.74, 6) is -0.255. The number of hydrogen-bond donors (Lipinski definition) is 2. The van der Waals surface area contributed by atoms with Gasteiger partial charge in [-0.3, -0.25) is 4.79 Å². The van der Waals surface area contributed by atoms with Crippen molar-refractivity contribution in [2.75, 3.05) is 5.32 Å². The van der Waals surface area contributed by atoms with E-state index in [0.717, 1.165) is 16.9 Å². The van der Waals surface area contributed by atoms with Crippen molar-refractivity contribution in [2.45, 2.75) is 6.54 Å². The van der Waals surface area contributed by atoms with Gasteiger partial charge >= 0.3 is 0 Å². The van der Waals surface area contributed by atoms with Gasteiger partial charge in [0.1, 0.15) is 5.69 Å². The Morgan fingerprint density at radius 3 is 2.52 bits per heavy atom. The van der Waals surface area contributed by atoms with Gasteiger partial charge in [-0.15, -0.1) is 0 Å². The highest BCUT2D eigenvalue weighted by molar-refractivity contribution is 6.31. The summed E-state index contributed by atoms with van der Waals surface area (Å²) in [6.45, 7) is 0.350. The van der Waals surface area contributed by atoms with Crippen molar-refractivity contribution in [1.82, 2.24) is 10.3 Å². The molecule has 25 heavy (non-hydrogen) atoms. The summed E-state index contributed by atoms with van der Waals surface area (Å²) in [4.78, 5) is 16.4. The van der Waals surface area contributed by atoms with Crippen LogP contribution in [-0.2, 0) is 6.54 Å². The molecule has 2 N–H and O–H groups in total. The normalized spacial score (nSPS) is 10.3. The number of pyridine rings is 1. The van der Waals surface area contributed by atoms with Crippen molar-refractivity contribution in [3.63, 3.8) is 0 Å². The first-order valence-electron chi connectivity index (χ1n) is 7.62. The summed E-state index contributed by atoms with van der Waals surface area (Å²) >= 11 is 12.0. The maximum Gasteiger partial charge on any atom is 0.270 e. The molecule has 0 atom stereocenters. The van der Waals surface area contributed by atoms with Gasteiger partial charge in [-0.1, -0.05) is 47.5 Å². The molecule has 0 aliphatic heterocycles. The molecule has 0 fully saturated rings. The van der Waals surface area contributed by atoms with Crippen LogP contribution in [0.5, 0.6) is 0 Å². The van der Waals surface area contributed by atoms with Crippen LogP contribution in [0, 0.1) is 0 Å². The number of nitrogens with one attached hydrogen (secondary N) is 2. The van der Waals surface area contributed by atoms with E-state index in [9.17, 15) is 4.79 Å². The summed E-state index contributed by atoms with van der Waals surface area (Å²) < 4.78 is 0. The molecule has 126 valence electrons. The molecule has 1 heterocycles. The molecule has 0 bridgehead atoms. The fraction of sp³-hybridized carbons (Fsp3) is 0.0526. The molecule has 0 unspecified atom stereocenters. The molecule has 1 aromatic heterocycles. The molecule has 4 nitrogen and oxygen atoms in total. The van der Waals surface area contributed by atoms with Crippen LogP contribution in [-0.4, -0.2) is 10.9 Å². The van der Waals surface area contributed by atoms with E-state index in [2.05, 4.69) is 15.6 Å². The molecule has 6 heteroatoms. The highest BCUT2D eigenvalue weighted by Crippen LogP contribution is 2.19. The van der Waals surface area contributed by atoms with Crippen LogP contribution >= 0.6 is 23.2 Å². The van der Waals surface area contributed by atoms with Crippen LogP contribution in [0.25, 0.3) is 0 Å². The number of benzene rings is 2. The van der Waals surface area contributed by atoms with E-state index in [-0.39, 0.29) is 5.91 Å². The minimum atomic E-state index is -0.255. The Hall–Kier alpha value is -2.56. The van der Waals surface area contributed by atoms with Crippen LogP contribution < -0.4 is 10.6 Å². The first-order chi connectivity index (χ1) is 12.1. The first-order valence-corrected chi connectivity index (χ1v) is 8.38. The van der Waals surface area contributed by atoms with Gasteiger partial charge in [0.2, 0.25) is 0 Å². The Labute approximate surface area is 155 Å². The fourth-order valence-electron chi connectivity index (χ4n) is 2.24. The summed E-state index contributed by atoms with van der Waals surface area (Å²) in [6, 6.07) is 18.2. The molecule has 3 aromatic rings. The number of halogens is 2. The predicted octanol–water partition coefficient (Wildman–Crippen LogP) is 5.06. The summed E-state index contributed by atoms with van der Waals surface area (Å²) in [7, 11) is 0. The second kappa shape index (κ2) is 8.01. The number of hydrogen-bond acceptors (Lipinski definition) is 3. The van der Waals surface area contributed by atoms with Gasteiger partial charge in [0, 0.05) is 22.3 Å². The average Bonchev–Trinajstić information content (AvgIpc) is 2.61. The van der Waals surface area contributed by atoms with Gasteiger partial charge in [0.05, 0.1) is 11.9 Å². The minimum absolute atomic E-state index is 0.255. The van der Waals surface area contributed by atoms with Crippen molar-refractivity contribution in [2.24, 2.45) is 0 Å². The number of amides is 1. The van der Waals surface area contributed by atoms with E-state index < -0.39 is 0 Å². The number of aromatic nitrogens is 1. The maximum absolute atomic E-state index is 12.2. The summed E-state index contributed by atoms with van der Waals surface area (Å²) in [5.41, 5.74) is 2.82. The quantitative estimate of drug-likeness (QED) is 0.658. The number of carbonyl (C=O) groups is 1. The molecule has 3 rings (SSSR count). The first kappa shape index (κ1) is 17.3. The SMILES string of the molecule is O=C(NCc1ccccc1Cl)c1ccc(Nc2cccc(Cl)c2)cn1. The molecular formula is C19H15Cl2N3O. The van der Waals surface area contributed by atoms with Gasteiger partial charge in [-0.25, -0.2) is 4.98 Å². The zero-order valence-corrected chi connectivity index (χ0v) is 14.7. The number of rotatable bonds is 5. The van der Waals surface area contributed by atoms with E-state index in [1.165, 1.54) is 0 Å². The Morgan fingerprint density at radius 1 is 0.960 bits per heavy atom. The lowest BCUT2D eigenvalue weighted by atomic mass is 10.2. The molecule has 0 saturated heterocycles. The van der Waals surface area contributed by atoms with E-state index >= 15 is 0 Å². The van der Waals surface area contributed by atoms with E-state index in [4.69, 9.17) is 23.2 Å². The molecule has 0 radical (unpaired) electrons. The molecule has 2 aromatic carbocycles. The molecule has 0 aliphatic rings. The van der Waals surface area contributed by atoms with Crippen LogP contribution in [0.2, 0.25) is 10.0 Å². The summed E-state index contributed by atoms with van der Waals surface area (Å²) in [5, 5.41) is 7.26. The van der Waals surface area contributed by atoms with Gasteiger partial charge in [-0.05, 0) is 42.0 Å². The second-order valence-corrected chi connectivity index (χ2v) is 6.19. The lowest BCUT2D eigenvalue weighted by Crippen LogP contribution is -2.23. The van der Waals surface area contributed by atoms with E-state index in [0.29, 0.717) is 22.3 Å². The third kappa shape index (κ3) is 4.72. The minimum Gasteiger partial charge on any atom is -0.354 e. The molecular weight excluding hydrogens is 357 g/mol. The van der Waals surface area contributed by atoms with Crippen molar-refractivity contribution in [3.05, 3.63) is 88.2 Å². The van der Waals surface area contributed by atoms with Crippen LogP contribution in [0.1, 0.15) is 16.1 Å². The van der Waals surface area contributed by atoms with Crippen molar-refractivity contribution >= 4 is 40.5 Å². The lowest BCUT2D eigenvalue weighted by Gasteiger charge is -2.08. The second-order valence-electron chi connectivity index (χ2n) is 5.34. The zero-order valence-electron chi connectivity index (χ0n) is 13.2. The average molecular weight is 372 g/mol. The van der Waals surface area contributed by atoms with Crippen molar-refractivity contribution in [3.8, 4) is 0 Å². The van der Waals surface area contributed by atoms with E-state index in [1.807, 2.05) is 36.4 Å². The molecule has 0 spiro atoms. The number of nitrogens with zero attached hydrogens (tertiary/aromatic N) is 1. The predicted molar refractivity (Wildman–Crippen MR) is 102 cm³/mol. The highest BCUT2D eigenvalue weighted by Gasteiger charge is 2.08. The van der Waals surface area contributed by atoms with Crippen LogP contribution in [0.3, 0.4) is 0 Å². The smallest absolute Gasteiger partial charge is 0.270 e.